The minimum absolute atomic E-state index is 0.0437. The van der Waals surface area contributed by atoms with Gasteiger partial charge >= 0.3 is 0 Å². The van der Waals surface area contributed by atoms with E-state index >= 15 is 0 Å². The van der Waals surface area contributed by atoms with Gasteiger partial charge in [-0.1, -0.05) is 48.5 Å². The van der Waals surface area contributed by atoms with Gasteiger partial charge < -0.3 is 4.90 Å². The first-order valence-electron chi connectivity index (χ1n) is 9.56. The lowest BCUT2D eigenvalue weighted by Gasteiger charge is -2.37. The van der Waals surface area contributed by atoms with Gasteiger partial charge in [-0.3, -0.25) is 9.63 Å². The lowest BCUT2D eigenvalue weighted by molar-refractivity contribution is -0.208. The molecular formula is C22H27FN2O2. The van der Waals surface area contributed by atoms with Crippen LogP contribution in [0.25, 0.3) is 0 Å². The van der Waals surface area contributed by atoms with Crippen LogP contribution in [0.15, 0.2) is 54.6 Å². The molecule has 1 heterocycles. The number of piperidine rings is 1. The lowest BCUT2D eigenvalue weighted by atomic mass is 10.0. The highest BCUT2D eigenvalue weighted by atomic mass is 19.1. The number of likely N-dealkylation sites (tertiary alicyclic amines) is 1. The number of halogens is 1. The number of carbonyl (C=O) groups is 1. The molecule has 0 aliphatic carbocycles. The third-order valence-electron chi connectivity index (χ3n) is 5.08. The topological polar surface area (TPSA) is 32.8 Å². The van der Waals surface area contributed by atoms with Crippen LogP contribution in [0.5, 0.6) is 0 Å². The second-order valence-electron chi connectivity index (χ2n) is 7.02. The predicted molar refractivity (Wildman–Crippen MR) is 103 cm³/mol. The molecule has 1 saturated heterocycles. The molecule has 1 aliphatic heterocycles. The van der Waals surface area contributed by atoms with Crippen LogP contribution in [0.2, 0.25) is 0 Å². The molecule has 144 valence electrons. The molecule has 0 N–H and O–H groups in total. The first kappa shape index (κ1) is 19.5. The van der Waals surface area contributed by atoms with Crippen molar-refractivity contribution in [3.8, 4) is 0 Å². The van der Waals surface area contributed by atoms with Crippen LogP contribution in [0.4, 0.5) is 4.39 Å². The summed E-state index contributed by atoms with van der Waals surface area (Å²) in [5.74, 6) is -0.439. The second-order valence-corrected chi connectivity index (χ2v) is 7.02. The third-order valence-corrected chi connectivity index (χ3v) is 5.08. The molecule has 27 heavy (non-hydrogen) atoms. The third kappa shape index (κ3) is 5.62. The van der Waals surface area contributed by atoms with Crippen LogP contribution in [-0.4, -0.2) is 41.5 Å². The Labute approximate surface area is 160 Å². The standard InChI is InChI=1S/C22H27FN2O2/c1-18(26)25(27-17-20-9-5-6-10-22(20)23)21-12-15-24(16-13-21)14-11-19-7-3-2-4-8-19/h2-10,21H,11-17H2,1H3. The summed E-state index contributed by atoms with van der Waals surface area (Å²) in [6.07, 6.45) is 2.77. The number of hydrogen-bond donors (Lipinski definition) is 0. The van der Waals surface area contributed by atoms with Crippen molar-refractivity contribution in [2.45, 2.75) is 38.8 Å². The Hall–Kier alpha value is -2.24. The Kier molecular flexibility index (Phi) is 6.96. The zero-order valence-corrected chi connectivity index (χ0v) is 15.8. The van der Waals surface area contributed by atoms with E-state index in [4.69, 9.17) is 4.84 Å². The summed E-state index contributed by atoms with van der Waals surface area (Å²) in [5, 5.41) is 1.45. The van der Waals surface area contributed by atoms with Gasteiger partial charge in [-0.2, -0.15) is 0 Å². The molecule has 0 bridgehead atoms. The number of rotatable bonds is 7. The van der Waals surface area contributed by atoms with Crippen LogP contribution in [-0.2, 0) is 22.7 Å². The first-order chi connectivity index (χ1) is 13.1. The Morgan fingerprint density at radius 2 is 1.78 bits per heavy atom. The van der Waals surface area contributed by atoms with E-state index in [0.29, 0.717) is 5.56 Å². The van der Waals surface area contributed by atoms with Crippen molar-refractivity contribution in [3.05, 3.63) is 71.5 Å². The molecule has 0 radical (unpaired) electrons. The van der Waals surface area contributed by atoms with Gasteiger partial charge in [0.1, 0.15) is 12.4 Å². The number of carbonyl (C=O) groups excluding carboxylic acids is 1. The lowest BCUT2D eigenvalue weighted by Crippen LogP contribution is -2.47. The van der Waals surface area contributed by atoms with Crippen molar-refractivity contribution >= 4 is 5.91 Å². The molecule has 1 fully saturated rings. The SMILES string of the molecule is CC(=O)N(OCc1ccccc1F)C1CCN(CCc2ccccc2)CC1. The molecule has 4 nitrogen and oxygen atoms in total. The Morgan fingerprint density at radius 3 is 2.44 bits per heavy atom. The zero-order valence-electron chi connectivity index (χ0n) is 15.8. The normalized spacial score (nSPS) is 15.6. The van der Waals surface area contributed by atoms with Crippen molar-refractivity contribution in [2.75, 3.05) is 19.6 Å². The molecule has 5 heteroatoms. The largest absolute Gasteiger partial charge is 0.303 e. The smallest absolute Gasteiger partial charge is 0.243 e. The van der Waals surface area contributed by atoms with Gasteiger partial charge in [0.05, 0.1) is 6.04 Å². The fourth-order valence-corrected chi connectivity index (χ4v) is 3.52. The Morgan fingerprint density at radius 1 is 1.11 bits per heavy atom. The maximum absolute atomic E-state index is 13.8. The molecule has 1 amide bonds. The van der Waals surface area contributed by atoms with Crippen LogP contribution >= 0.6 is 0 Å². The summed E-state index contributed by atoms with van der Waals surface area (Å²) >= 11 is 0. The fraction of sp³-hybridized carbons (Fsp3) is 0.409. The maximum atomic E-state index is 13.8. The minimum atomic E-state index is -0.309. The summed E-state index contributed by atoms with van der Waals surface area (Å²) in [4.78, 5) is 20.2. The fourth-order valence-electron chi connectivity index (χ4n) is 3.52. The molecule has 0 saturated carbocycles. The number of amides is 1. The number of nitrogens with zero attached hydrogens (tertiary/aromatic N) is 2. The van der Waals surface area contributed by atoms with Gasteiger partial charge in [-0.05, 0) is 30.9 Å². The average molecular weight is 370 g/mol. The number of hydrogen-bond acceptors (Lipinski definition) is 3. The van der Waals surface area contributed by atoms with Crippen molar-refractivity contribution in [2.24, 2.45) is 0 Å². The van der Waals surface area contributed by atoms with Crippen LogP contribution < -0.4 is 0 Å². The van der Waals surface area contributed by atoms with E-state index in [2.05, 4.69) is 29.2 Å². The van der Waals surface area contributed by atoms with Gasteiger partial charge in [-0.15, -0.1) is 0 Å². The zero-order chi connectivity index (χ0) is 19.1. The highest BCUT2D eigenvalue weighted by Gasteiger charge is 2.27. The molecular weight excluding hydrogens is 343 g/mol. The number of hydroxylamine groups is 2. The Bertz CT molecular complexity index is 730. The summed E-state index contributed by atoms with van der Waals surface area (Å²) in [7, 11) is 0. The van der Waals surface area contributed by atoms with E-state index in [9.17, 15) is 9.18 Å². The summed E-state index contributed by atoms with van der Waals surface area (Å²) in [6, 6.07) is 17.0. The van der Waals surface area contributed by atoms with Crippen LogP contribution in [0.3, 0.4) is 0 Å². The minimum Gasteiger partial charge on any atom is -0.303 e. The van der Waals surface area contributed by atoms with E-state index in [-0.39, 0.29) is 24.4 Å². The summed E-state index contributed by atoms with van der Waals surface area (Å²) < 4.78 is 13.8. The molecule has 0 spiro atoms. The van der Waals surface area contributed by atoms with Crippen molar-refractivity contribution in [3.63, 3.8) is 0 Å². The van der Waals surface area contributed by atoms with E-state index < -0.39 is 0 Å². The van der Waals surface area contributed by atoms with Crippen molar-refractivity contribution < 1.29 is 14.0 Å². The van der Waals surface area contributed by atoms with Crippen molar-refractivity contribution in [1.82, 2.24) is 9.96 Å². The highest BCUT2D eigenvalue weighted by molar-refractivity contribution is 5.72. The van der Waals surface area contributed by atoms with Gasteiger partial charge in [0.25, 0.3) is 0 Å². The Balaban J connectivity index is 1.48. The average Bonchev–Trinajstić information content (AvgIpc) is 2.69. The van der Waals surface area contributed by atoms with Crippen LogP contribution in [0, 0.1) is 5.82 Å². The van der Waals surface area contributed by atoms with Gasteiger partial charge in [0.2, 0.25) is 5.91 Å². The quantitative estimate of drug-likeness (QED) is 0.695. The van der Waals surface area contributed by atoms with Crippen LogP contribution in [0.1, 0.15) is 30.9 Å². The molecule has 0 unspecified atom stereocenters. The first-order valence-corrected chi connectivity index (χ1v) is 9.56. The molecule has 1 aliphatic rings. The van der Waals surface area contributed by atoms with E-state index in [1.165, 1.54) is 23.6 Å². The predicted octanol–water partition coefficient (Wildman–Crippen LogP) is 3.81. The maximum Gasteiger partial charge on any atom is 0.243 e. The highest BCUT2D eigenvalue weighted by Crippen LogP contribution is 2.19. The van der Waals surface area contributed by atoms with Gasteiger partial charge in [0.15, 0.2) is 0 Å². The second kappa shape index (κ2) is 9.62. The molecule has 2 aromatic rings. The van der Waals surface area contributed by atoms with E-state index in [1.807, 2.05) is 6.07 Å². The molecule has 2 aromatic carbocycles. The van der Waals surface area contributed by atoms with E-state index in [0.717, 1.165) is 38.9 Å². The molecule has 3 rings (SSSR count). The summed E-state index contributed by atoms with van der Waals surface area (Å²) in [6.45, 7) is 4.46. The number of benzene rings is 2. The molecule has 0 aromatic heterocycles. The molecule has 0 atom stereocenters. The monoisotopic (exact) mass is 370 g/mol. The van der Waals surface area contributed by atoms with Gasteiger partial charge in [0, 0.05) is 32.1 Å². The van der Waals surface area contributed by atoms with E-state index in [1.54, 1.807) is 18.2 Å². The van der Waals surface area contributed by atoms with Gasteiger partial charge in [-0.25, -0.2) is 9.45 Å². The van der Waals surface area contributed by atoms with Crippen molar-refractivity contribution in [1.29, 1.82) is 0 Å². The summed E-state index contributed by atoms with van der Waals surface area (Å²) in [5.41, 5.74) is 1.81.